The SMILES string of the molecule is CCCOCc1ccc(OCCN)c(Cl)c1. The van der Waals surface area contributed by atoms with Crippen molar-refractivity contribution < 1.29 is 9.47 Å². The van der Waals surface area contributed by atoms with Gasteiger partial charge in [0.15, 0.2) is 0 Å². The van der Waals surface area contributed by atoms with Crippen LogP contribution in [0.4, 0.5) is 0 Å². The molecule has 0 saturated heterocycles. The third kappa shape index (κ3) is 4.39. The Morgan fingerprint density at radius 2 is 2.12 bits per heavy atom. The number of hydrogen-bond acceptors (Lipinski definition) is 3. The summed E-state index contributed by atoms with van der Waals surface area (Å²) in [7, 11) is 0. The minimum Gasteiger partial charge on any atom is -0.491 e. The monoisotopic (exact) mass is 243 g/mol. The van der Waals surface area contributed by atoms with E-state index >= 15 is 0 Å². The Morgan fingerprint density at radius 3 is 2.75 bits per heavy atom. The van der Waals surface area contributed by atoms with Crippen molar-refractivity contribution in [3.05, 3.63) is 28.8 Å². The van der Waals surface area contributed by atoms with E-state index in [1.165, 1.54) is 0 Å². The summed E-state index contributed by atoms with van der Waals surface area (Å²) < 4.78 is 10.8. The lowest BCUT2D eigenvalue weighted by atomic mass is 10.2. The van der Waals surface area contributed by atoms with Gasteiger partial charge in [0.25, 0.3) is 0 Å². The van der Waals surface area contributed by atoms with Crippen LogP contribution in [0.5, 0.6) is 5.75 Å². The lowest BCUT2D eigenvalue weighted by molar-refractivity contribution is 0.121. The van der Waals surface area contributed by atoms with Crippen LogP contribution in [0, 0.1) is 0 Å². The predicted octanol–water partition coefficient (Wildman–Crippen LogP) is 2.60. The van der Waals surface area contributed by atoms with Gasteiger partial charge >= 0.3 is 0 Å². The van der Waals surface area contributed by atoms with Gasteiger partial charge in [0.05, 0.1) is 11.6 Å². The first-order chi connectivity index (χ1) is 7.77. The molecule has 1 aromatic rings. The Balaban J connectivity index is 2.53. The largest absolute Gasteiger partial charge is 0.491 e. The zero-order valence-corrected chi connectivity index (χ0v) is 10.3. The zero-order chi connectivity index (χ0) is 11.8. The second kappa shape index (κ2) is 7.49. The van der Waals surface area contributed by atoms with E-state index in [1.54, 1.807) is 0 Å². The van der Waals surface area contributed by atoms with Crippen molar-refractivity contribution in [1.29, 1.82) is 0 Å². The molecule has 0 heterocycles. The van der Waals surface area contributed by atoms with E-state index in [2.05, 4.69) is 6.92 Å². The van der Waals surface area contributed by atoms with E-state index < -0.39 is 0 Å². The molecule has 0 unspecified atom stereocenters. The minimum atomic E-state index is 0.478. The Hall–Kier alpha value is -0.770. The van der Waals surface area contributed by atoms with E-state index in [0.717, 1.165) is 18.6 Å². The number of nitrogens with two attached hydrogens (primary N) is 1. The molecule has 1 rings (SSSR count). The Bertz CT molecular complexity index is 318. The van der Waals surface area contributed by atoms with E-state index in [9.17, 15) is 0 Å². The van der Waals surface area contributed by atoms with Gasteiger partial charge in [-0.05, 0) is 24.1 Å². The molecule has 16 heavy (non-hydrogen) atoms. The van der Waals surface area contributed by atoms with Crippen molar-refractivity contribution in [3.8, 4) is 5.75 Å². The first-order valence-electron chi connectivity index (χ1n) is 5.47. The minimum absolute atomic E-state index is 0.478. The number of hydrogen-bond donors (Lipinski definition) is 1. The lowest BCUT2D eigenvalue weighted by Gasteiger charge is -2.08. The molecule has 0 radical (unpaired) electrons. The molecule has 1 aromatic carbocycles. The number of benzene rings is 1. The molecular weight excluding hydrogens is 226 g/mol. The first kappa shape index (κ1) is 13.3. The van der Waals surface area contributed by atoms with Crippen molar-refractivity contribution in [2.75, 3.05) is 19.8 Å². The zero-order valence-electron chi connectivity index (χ0n) is 9.54. The van der Waals surface area contributed by atoms with Crippen molar-refractivity contribution in [2.45, 2.75) is 20.0 Å². The van der Waals surface area contributed by atoms with Crippen molar-refractivity contribution in [2.24, 2.45) is 5.73 Å². The molecule has 0 aliphatic rings. The van der Waals surface area contributed by atoms with Crippen LogP contribution in [0.15, 0.2) is 18.2 Å². The van der Waals surface area contributed by atoms with Crippen molar-refractivity contribution >= 4 is 11.6 Å². The molecule has 0 saturated carbocycles. The Kier molecular flexibility index (Phi) is 6.23. The van der Waals surface area contributed by atoms with Crippen LogP contribution in [-0.2, 0) is 11.3 Å². The average Bonchev–Trinajstić information content (AvgIpc) is 2.28. The molecular formula is C12H18ClNO2. The van der Waals surface area contributed by atoms with E-state index in [1.807, 2.05) is 18.2 Å². The van der Waals surface area contributed by atoms with Gasteiger partial charge in [-0.3, -0.25) is 0 Å². The summed E-state index contributed by atoms with van der Waals surface area (Å²) in [5.74, 6) is 0.673. The highest BCUT2D eigenvalue weighted by atomic mass is 35.5. The first-order valence-corrected chi connectivity index (χ1v) is 5.84. The summed E-state index contributed by atoms with van der Waals surface area (Å²) >= 11 is 6.06. The standard InChI is InChI=1S/C12H18ClNO2/c1-2-6-15-9-10-3-4-12(11(13)8-10)16-7-5-14/h3-4,8H,2,5-7,9,14H2,1H3. The highest BCUT2D eigenvalue weighted by molar-refractivity contribution is 6.32. The van der Waals surface area contributed by atoms with Gasteiger partial charge in [0.1, 0.15) is 12.4 Å². The van der Waals surface area contributed by atoms with Crippen LogP contribution in [0.3, 0.4) is 0 Å². The van der Waals surface area contributed by atoms with Gasteiger partial charge in [0.2, 0.25) is 0 Å². The summed E-state index contributed by atoms with van der Waals surface area (Å²) in [6.45, 7) is 4.40. The summed E-state index contributed by atoms with van der Waals surface area (Å²) in [5.41, 5.74) is 6.40. The van der Waals surface area contributed by atoms with Crippen LogP contribution in [0.2, 0.25) is 5.02 Å². The maximum Gasteiger partial charge on any atom is 0.137 e. The highest BCUT2D eigenvalue weighted by Gasteiger charge is 2.02. The summed E-state index contributed by atoms with van der Waals surface area (Å²) in [6, 6.07) is 5.67. The molecule has 2 N–H and O–H groups in total. The number of halogens is 1. The van der Waals surface area contributed by atoms with Gasteiger partial charge in [-0.15, -0.1) is 0 Å². The van der Waals surface area contributed by atoms with Gasteiger partial charge in [-0.25, -0.2) is 0 Å². The fraction of sp³-hybridized carbons (Fsp3) is 0.500. The molecule has 0 aliphatic heterocycles. The van der Waals surface area contributed by atoms with Gasteiger partial charge < -0.3 is 15.2 Å². The number of ether oxygens (including phenoxy) is 2. The Labute approximate surface area is 101 Å². The molecule has 4 heteroatoms. The molecule has 0 aromatic heterocycles. The summed E-state index contributed by atoms with van der Waals surface area (Å²) in [6.07, 6.45) is 1.02. The molecule has 0 aliphatic carbocycles. The highest BCUT2D eigenvalue weighted by Crippen LogP contribution is 2.25. The third-order valence-electron chi connectivity index (χ3n) is 1.99. The lowest BCUT2D eigenvalue weighted by Crippen LogP contribution is -2.10. The molecule has 0 amide bonds. The van der Waals surface area contributed by atoms with Crippen molar-refractivity contribution in [3.63, 3.8) is 0 Å². The van der Waals surface area contributed by atoms with E-state index in [4.69, 9.17) is 26.8 Å². The van der Waals surface area contributed by atoms with Crippen LogP contribution in [0.25, 0.3) is 0 Å². The van der Waals surface area contributed by atoms with Gasteiger partial charge in [-0.2, -0.15) is 0 Å². The normalized spacial score (nSPS) is 10.4. The van der Waals surface area contributed by atoms with Crippen LogP contribution in [0.1, 0.15) is 18.9 Å². The van der Waals surface area contributed by atoms with Gasteiger partial charge in [0, 0.05) is 13.2 Å². The summed E-state index contributed by atoms with van der Waals surface area (Å²) in [5, 5.41) is 0.603. The number of rotatable bonds is 7. The second-order valence-electron chi connectivity index (χ2n) is 3.45. The molecule has 0 bridgehead atoms. The molecule has 0 fully saturated rings. The molecule has 3 nitrogen and oxygen atoms in total. The topological polar surface area (TPSA) is 44.5 Å². The second-order valence-corrected chi connectivity index (χ2v) is 3.86. The quantitative estimate of drug-likeness (QED) is 0.749. The maximum atomic E-state index is 6.06. The van der Waals surface area contributed by atoms with Gasteiger partial charge in [-0.1, -0.05) is 24.6 Å². The van der Waals surface area contributed by atoms with Crippen LogP contribution in [-0.4, -0.2) is 19.8 Å². The Morgan fingerprint density at radius 1 is 1.31 bits per heavy atom. The van der Waals surface area contributed by atoms with E-state index in [0.29, 0.717) is 30.5 Å². The van der Waals surface area contributed by atoms with Crippen LogP contribution >= 0.6 is 11.6 Å². The molecule has 0 atom stereocenters. The molecule has 0 spiro atoms. The van der Waals surface area contributed by atoms with E-state index in [-0.39, 0.29) is 0 Å². The average molecular weight is 244 g/mol. The molecule has 90 valence electrons. The smallest absolute Gasteiger partial charge is 0.137 e. The fourth-order valence-corrected chi connectivity index (χ4v) is 1.51. The van der Waals surface area contributed by atoms with Crippen molar-refractivity contribution in [1.82, 2.24) is 0 Å². The summed E-state index contributed by atoms with van der Waals surface area (Å²) in [4.78, 5) is 0. The third-order valence-corrected chi connectivity index (χ3v) is 2.28. The predicted molar refractivity (Wildman–Crippen MR) is 65.9 cm³/mol. The fourth-order valence-electron chi connectivity index (χ4n) is 1.25. The van der Waals surface area contributed by atoms with Crippen LogP contribution < -0.4 is 10.5 Å². The maximum absolute atomic E-state index is 6.06.